The number of nitrogens with one attached hydrogen (secondary N) is 3. The molecule has 0 aliphatic rings. The maximum atomic E-state index is 13.2. The Morgan fingerprint density at radius 3 is 2.90 bits per heavy atom. The van der Waals surface area contributed by atoms with Crippen molar-refractivity contribution in [1.29, 1.82) is 0 Å². The number of H-pyrrole nitrogens is 1. The van der Waals surface area contributed by atoms with E-state index < -0.39 is 5.82 Å². The molecule has 9 heteroatoms. The van der Waals surface area contributed by atoms with Crippen molar-refractivity contribution in [2.24, 2.45) is 10.7 Å². The summed E-state index contributed by atoms with van der Waals surface area (Å²) in [5.41, 5.74) is 8.60. The second-order valence-corrected chi connectivity index (χ2v) is 7.70. The van der Waals surface area contributed by atoms with Crippen molar-refractivity contribution in [3.05, 3.63) is 82.2 Å². The van der Waals surface area contributed by atoms with Gasteiger partial charge in [-0.1, -0.05) is 30.3 Å². The third-order valence-electron chi connectivity index (χ3n) is 4.12. The number of nitrogens with zero attached hydrogens (tertiary/aromatic N) is 2. The average molecular weight is 492 g/mol. The van der Waals surface area contributed by atoms with Crippen LogP contribution < -0.4 is 16.4 Å². The molecule has 3 aromatic rings. The molecular formula is C21H21BrClFN6. The van der Waals surface area contributed by atoms with Crippen molar-refractivity contribution in [1.82, 2.24) is 15.3 Å². The van der Waals surface area contributed by atoms with E-state index in [0.29, 0.717) is 28.4 Å². The van der Waals surface area contributed by atoms with Crippen LogP contribution in [0.25, 0.3) is 11.0 Å². The van der Waals surface area contributed by atoms with Gasteiger partial charge in [-0.15, -0.1) is 0 Å². The molecule has 1 aromatic heterocycles. The highest BCUT2D eigenvalue weighted by atomic mass is 79.9. The van der Waals surface area contributed by atoms with Crippen LogP contribution in [-0.4, -0.2) is 22.3 Å². The number of aromatic nitrogens is 2. The Morgan fingerprint density at radius 2 is 2.13 bits per heavy atom. The first-order chi connectivity index (χ1) is 14.4. The molecular weight excluding hydrogens is 471 g/mol. The van der Waals surface area contributed by atoms with Crippen molar-refractivity contribution in [3.63, 3.8) is 0 Å². The number of imidazole rings is 1. The molecule has 0 bridgehead atoms. The molecule has 5 N–H and O–H groups in total. The zero-order valence-corrected chi connectivity index (χ0v) is 18.4. The topological polar surface area (TPSA) is 91.1 Å². The fraction of sp³-hybridized carbons (Fsp3) is 0.143. The van der Waals surface area contributed by atoms with E-state index in [1.807, 2.05) is 24.3 Å². The summed E-state index contributed by atoms with van der Waals surface area (Å²) >= 11 is 9.15. The summed E-state index contributed by atoms with van der Waals surface area (Å²) in [7, 11) is 0. The predicted molar refractivity (Wildman–Crippen MR) is 125 cm³/mol. The highest BCUT2D eigenvalue weighted by molar-refractivity contribution is 9.12. The van der Waals surface area contributed by atoms with Crippen molar-refractivity contribution in [2.45, 2.75) is 12.8 Å². The van der Waals surface area contributed by atoms with Gasteiger partial charge in [-0.3, -0.25) is 4.99 Å². The third kappa shape index (κ3) is 6.08. The van der Waals surface area contributed by atoms with Crippen molar-refractivity contribution >= 4 is 50.1 Å². The van der Waals surface area contributed by atoms with Gasteiger partial charge in [0.1, 0.15) is 17.5 Å². The van der Waals surface area contributed by atoms with Gasteiger partial charge >= 0.3 is 0 Å². The molecule has 1 heterocycles. The van der Waals surface area contributed by atoms with Crippen LogP contribution in [0.15, 0.2) is 70.5 Å². The minimum atomic E-state index is -0.479. The zero-order chi connectivity index (χ0) is 21.5. The predicted octanol–water partition coefficient (Wildman–Crippen LogP) is 5.05. The van der Waals surface area contributed by atoms with Crippen molar-refractivity contribution in [3.8, 4) is 0 Å². The smallest absolute Gasteiger partial charge is 0.141 e. The molecule has 0 amide bonds. The maximum Gasteiger partial charge on any atom is 0.141 e. The van der Waals surface area contributed by atoms with E-state index in [4.69, 9.17) is 17.3 Å². The van der Waals surface area contributed by atoms with Crippen molar-refractivity contribution in [2.75, 3.05) is 11.9 Å². The highest BCUT2D eigenvalue weighted by Crippen LogP contribution is 2.20. The summed E-state index contributed by atoms with van der Waals surface area (Å²) < 4.78 is 13.8. The normalized spacial score (nSPS) is 12.2. The fourth-order valence-corrected chi connectivity index (χ4v) is 3.07. The summed E-state index contributed by atoms with van der Waals surface area (Å²) in [5, 5.41) is 5.95. The van der Waals surface area contributed by atoms with Crippen LogP contribution in [0.3, 0.4) is 0 Å². The number of para-hydroxylation sites is 2. The number of fused-ring (bicyclic) bond motifs is 1. The molecule has 0 saturated carbocycles. The van der Waals surface area contributed by atoms with Crippen LogP contribution in [0.2, 0.25) is 5.02 Å². The van der Waals surface area contributed by atoms with Crippen molar-refractivity contribution < 1.29 is 4.39 Å². The van der Waals surface area contributed by atoms with Gasteiger partial charge in [-0.25, -0.2) is 9.37 Å². The summed E-state index contributed by atoms with van der Waals surface area (Å²) in [4.78, 5) is 12.2. The van der Waals surface area contributed by atoms with E-state index in [-0.39, 0.29) is 5.02 Å². The number of anilines is 1. The molecule has 6 nitrogen and oxygen atoms in total. The van der Waals surface area contributed by atoms with Crippen LogP contribution in [0.4, 0.5) is 10.1 Å². The number of benzene rings is 2. The van der Waals surface area contributed by atoms with E-state index in [1.165, 1.54) is 12.1 Å². The van der Waals surface area contributed by atoms with Gasteiger partial charge in [0.15, 0.2) is 0 Å². The second-order valence-electron chi connectivity index (χ2n) is 6.44. The lowest BCUT2D eigenvalue weighted by atomic mass is 10.3. The lowest BCUT2D eigenvalue weighted by molar-refractivity contribution is 0.628. The van der Waals surface area contributed by atoms with Gasteiger partial charge in [-0.05, 0) is 52.7 Å². The number of aromatic amines is 1. The van der Waals surface area contributed by atoms with Gasteiger partial charge in [0.2, 0.25) is 0 Å². The molecule has 0 aliphatic carbocycles. The summed E-state index contributed by atoms with van der Waals surface area (Å²) in [6.45, 7) is 4.41. The van der Waals surface area contributed by atoms with Crippen LogP contribution in [0, 0.1) is 5.82 Å². The first-order valence-electron chi connectivity index (χ1n) is 9.19. The first-order valence-corrected chi connectivity index (χ1v) is 10.4. The van der Waals surface area contributed by atoms with Crippen LogP contribution in [0.5, 0.6) is 0 Å². The minimum Gasteiger partial charge on any atom is -0.383 e. The van der Waals surface area contributed by atoms with Gasteiger partial charge in [-0.2, -0.15) is 0 Å². The lowest BCUT2D eigenvalue weighted by Gasteiger charge is -2.10. The zero-order valence-electron chi connectivity index (χ0n) is 16.1. The molecule has 0 spiro atoms. The van der Waals surface area contributed by atoms with Gasteiger partial charge in [0.25, 0.3) is 0 Å². The Morgan fingerprint density at radius 1 is 1.33 bits per heavy atom. The molecule has 0 fully saturated rings. The lowest BCUT2D eigenvalue weighted by Crippen LogP contribution is -2.17. The molecule has 0 unspecified atom stereocenters. The molecule has 3 rings (SSSR count). The molecule has 30 heavy (non-hydrogen) atoms. The van der Waals surface area contributed by atoms with E-state index >= 15 is 0 Å². The fourth-order valence-electron chi connectivity index (χ4n) is 2.65. The number of rotatable bonds is 9. The molecule has 0 atom stereocenters. The Kier molecular flexibility index (Phi) is 7.48. The number of aryl methyl sites for hydroxylation is 1. The first kappa shape index (κ1) is 21.9. The summed E-state index contributed by atoms with van der Waals surface area (Å²) in [5.74, 6) is 1.29. The minimum absolute atomic E-state index is 0.0311. The second kappa shape index (κ2) is 10.3. The monoisotopic (exact) mass is 490 g/mol. The number of halogens is 3. The van der Waals surface area contributed by atoms with Gasteiger partial charge < -0.3 is 21.4 Å². The van der Waals surface area contributed by atoms with E-state index in [0.717, 1.165) is 29.7 Å². The van der Waals surface area contributed by atoms with Crippen LogP contribution in [0.1, 0.15) is 12.2 Å². The number of hydrogen-bond donors (Lipinski definition) is 4. The van der Waals surface area contributed by atoms with E-state index in [9.17, 15) is 4.39 Å². The standard InChI is InChI=1S/C21H21BrClFN6/c1-13(28-14-8-9-17(24)16(23)11-14)27-12-15(22)21(25)26-10-4-7-20-29-18-5-2-3-6-19(18)30-20/h2-3,5-6,8-9,11-12,27-28H,1,4,7,10H2,(H2,25,26)(H,29,30). The molecule has 156 valence electrons. The van der Waals surface area contributed by atoms with Gasteiger partial charge in [0, 0.05) is 24.9 Å². The van der Waals surface area contributed by atoms with E-state index in [1.54, 1.807) is 12.3 Å². The number of nitrogens with two attached hydrogens (primary N) is 1. The Hall–Kier alpha value is -2.84. The quantitative estimate of drug-likeness (QED) is 0.191. The third-order valence-corrected chi connectivity index (χ3v) is 5.05. The maximum absolute atomic E-state index is 13.2. The summed E-state index contributed by atoms with van der Waals surface area (Å²) in [6.07, 6.45) is 3.22. The SMILES string of the molecule is C=C(NC=C(Br)C(N)=NCCCc1nc2ccccc2[nH]1)Nc1ccc(F)c(Cl)c1. The Bertz CT molecular complexity index is 1070. The van der Waals surface area contributed by atoms with Gasteiger partial charge in [0.05, 0.1) is 26.4 Å². The Labute approximate surface area is 187 Å². The molecule has 0 saturated heterocycles. The number of aliphatic imine (C=N–C) groups is 1. The summed E-state index contributed by atoms with van der Waals surface area (Å²) in [6, 6.07) is 12.2. The molecule has 0 radical (unpaired) electrons. The molecule has 2 aromatic carbocycles. The number of hydrogen-bond acceptors (Lipinski definition) is 4. The highest BCUT2D eigenvalue weighted by Gasteiger charge is 2.04. The van der Waals surface area contributed by atoms with Crippen LogP contribution in [-0.2, 0) is 6.42 Å². The Balaban J connectivity index is 1.45. The molecule has 0 aliphatic heterocycles. The van der Waals surface area contributed by atoms with E-state index in [2.05, 4.69) is 48.1 Å². The van der Waals surface area contributed by atoms with Crippen LogP contribution >= 0.6 is 27.5 Å². The average Bonchev–Trinajstić information content (AvgIpc) is 3.15. The largest absolute Gasteiger partial charge is 0.383 e. The number of amidine groups is 1.